The molecule has 1 aromatic rings. The molecular formula is C9H16N4O. The highest BCUT2D eigenvalue weighted by Crippen LogP contribution is 2.31. The van der Waals surface area contributed by atoms with Gasteiger partial charge in [-0.15, -0.1) is 0 Å². The highest BCUT2D eigenvalue weighted by atomic mass is 16.4. The van der Waals surface area contributed by atoms with Crippen LogP contribution in [0.2, 0.25) is 0 Å². The van der Waals surface area contributed by atoms with Crippen molar-refractivity contribution in [3.8, 4) is 0 Å². The molecule has 0 amide bonds. The fourth-order valence-corrected chi connectivity index (χ4v) is 2.15. The SMILES string of the molecule is CCC1CCC(C)N1c1nnc(N)o1. The van der Waals surface area contributed by atoms with Crippen LogP contribution in [0.4, 0.5) is 12.0 Å². The Morgan fingerprint density at radius 3 is 2.86 bits per heavy atom. The molecule has 2 unspecified atom stereocenters. The summed E-state index contributed by atoms with van der Waals surface area (Å²) in [5.74, 6) is 0. The molecule has 14 heavy (non-hydrogen) atoms. The normalized spacial score (nSPS) is 27.1. The lowest BCUT2D eigenvalue weighted by atomic mass is 10.2. The minimum Gasteiger partial charge on any atom is -0.390 e. The molecule has 0 spiro atoms. The number of hydrogen-bond acceptors (Lipinski definition) is 5. The van der Waals surface area contributed by atoms with E-state index < -0.39 is 0 Å². The first kappa shape index (κ1) is 9.30. The maximum absolute atomic E-state index is 5.41. The van der Waals surface area contributed by atoms with Crippen LogP contribution in [-0.2, 0) is 0 Å². The minimum absolute atomic E-state index is 0.147. The van der Waals surface area contributed by atoms with Gasteiger partial charge in [-0.25, -0.2) is 0 Å². The van der Waals surface area contributed by atoms with Gasteiger partial charge in [-0.3, -0.25) is 0 Å². The smallest absolute Gasteiger partial charge is 0.319 e. The molecule has 0 radical (unpaired) electrons. The summed E-state index contributed by atoms with van der Waals surface area (Å²) in [5.41, 5.74) is 5.41. The lowest BCUT2D eigenvalue weighted by molar-refractivity contribution is 0.508. The fourth-order valence-electron chi connectivity index (χ4n) is 2.15. The van der Waals surface area contributed by atoms with Crippen LogP contribution in [0.15, 0.2) is 4.42 Å². The Morgan fingerprint density at radius 1 is 1.50 bits per heavy atom. The number of rotatable bonds is 2. The summed E-state index contributed by atoms with van der Waals surface area (Å²) in [5, 5.41) is 7.61. The third kappa shape index (κ3) is 1.42. The zero-order chi connectivity index (χ0) is 10.1. The van der Waals surface area contributed by atoms with Crippen molar-refractivity contribution in [3.05, 3.63) is 0 Å². The van der Waals surface area contributed by atoms with Crippen molar-refractivity contribution in [2.45, 2.75) is 45.2 Å². The lowest BCUT2D eigenvalue weighted by Crippen LogP contribution is -2.34. The Morgan fingerprint density at radius 2 is 2.29 bits per heavy atom. The second kappa shape index (κ2) is 3.48. The molecule has 1 fully saturated rings. The van der Waals surface area contributed by atoms with Gasteiger partial charge in [0.1, 0.15) is 0 Å². The first-order chi connectivity index (χ1) is 6.72. The molecule has 0 aromatic carbocycles. The molecule has 0 aliphatic carbocycles. The topological polar surface area (TPSA) is 68.2 Å². The summed E-state index contributed by atoms with van der Waals surface area (Å²) in [6.45, 7) is 4.35. The Labute approximate surface area is 83.3 Å². The number of hydrogen-bond donors (Lipinski definition) is 1. The van der Waals surface area contributed by atoms with E-state index in [9.17, 15) is 0 Å². The highest BCUT2D eigenvalue weighted by molar-refractivity contribution is 5.33. The molecule has 2 rings (SSSR count). The van der Waals surface area contributed by atoms with Gasteiger partial charge in [0.2, 0.25) is 0 Å². The average molecular weight is 196 g/mol. The predicted molar refractivity (Wildman–Crippen MR) is 54.0 cm³/mol. The van der Waals surface area contributed by atoms with Crippen LogP contribution in [0.5, 0.6) is 0 Å². The molecule has 0 bridgehead atoms. The molecule has 1 aliphatic rings. The van der Waals surface area contributed by atoms with E-state index in [1.165, 1.54) is 12.8 Å². The van der Waals surface area contributed by atoms with E-state index in [-0.39, 0.29) is 6.01 Å². The van der Waals surface area contributed by atoms with Crippen LogP contribution in [-0.4, -0.2) is 22.3 Å². The zero-order valence-electron chi connectivity index (χ0n) is 8.60. The van der Waals surface area contributed by atoms with E-state index in [4.69, 9.17) is 10.2 Å². The van der Waals surface area contributed by atoms with Crippen molar-refractivity contribution in [2.75, 3.05) is 10.6 Å². The number of aromatic nitrogens is 2. The predicted octanol–water partition coefficient (Wildman–Crippen LogP) is 1.42. The third-order valence-corrected chi connectivity index (χ3v) is 2.91. The van der Waals surface area contributed by atoms with E-state index in [2.05, 4.69) is 28.9 Å². The van der Waals surface area contributed by atoms with Crippen LogP contribution < -0.4 is 10.6 Å². The Balaban J connectivity index is 2.22. The van der Waals surface area contributed by atoms with Crippen molar-refractivity contribution < 1.29 is 4.42 Å². The van der Waals surface area contributed by atoms with Gasteiger partial charge in [-0.05, 0) is 26.2 Å². The second-order valence-corrected chi connectivity index (χ2v) is 3.82. The van der Waals surface area contributed by atoms with E-state index >= 15 is 0 Å². The van der Waals surface area contributed by atoms with Crippen LogP contribution in [0.1, 0.15) is 33.1 Å². The third-order valence-electron chi connectivity index (χ3n) is 2.91. The van der Waals surface area contributed by atoms with Crippen LogP contribution in [0, 0.1) is 0 Å². The van der Waals surface area contributed by atoms with Gasteiger partial charge in [0.25, 0.3) is 0 Å². The number of nitrogen functional groups attached to an aromatic ring is 1. The lowest BCUT2D eigenvalue weighted by Gasteiger charge is -2.25. The highest BCUT2D eigenvalue weighted by Gasteiger charge is 2.32. The van der Waals surface area contributed by atoms with Crippen molar-refractivity contribution in [2.24, 2.45) is 0 Å². The van der Waals surface area contributed by atoms with Gasteiger partial charge >= 0.3 is 12.0 Å². The van der Waals surface area contributed by atoms with Crippen molar-refractivity contribution in [3.63, 3.8) is 0 Å². The van der Waals surface area contributed by atoms with Gasteiger partial charge in [-0.1, -0.05) is 17.1 Å². The first-order valence-electron chi connectivity index (χ1n) is 5.09. The minimum atomic E-state index is 0.147. The summed E-state index contributed by atoms with van der Waals surface area (Å²) in [6.07, 6.45) is 3.48. The Kier molecular flexibility index (Phi) is 2.31. The molecule has 1 aliphatic heterocycles. The van der Waals surface area contributed by atoms with Crippen molar-refractivity contribution in [1.29, 1.82) is 0 Å². The summed E-state index contributed by atoms with van der Waals surface area (Å²) < 4.78 is 5.25. The first-order valence-corrected chi connectivity index (χ1v) is 5.09. The summed E-state index contributed by atoms with van der Waals surface area (Å²) in [6, 6.07) is 1.71. The molecule has 2 atom stereocenters. The molecule has 2 N–H and O–H groups in total. The molecular weight excluding hydrogens is 180 g/mol. The zero-order valence-corrected chi connectivity index (χ0v) is 8.60. The summed E-state index contributed by atoms with van der Waals surface area (Å²) >= 11 is 0. The molecule has 78 valence electrons. The fraction of sp³-hybridized carbons (Fsp3) is 0.778. The van der Waals surface area contributed by atoms with Gasteiger partial charge in [0, 0.05) is 12.1 Å². The van der Waals surface area contributed by atoms with Crippen molar-refractivity contribution >= 4 is 12.0 Å². The van der Waals surface area contributed by atoms with Gasteiger partial charge < -0.3 is 15.1 Å². The van der Waals surface area contributed by atoms with Crippen LogP contribution in [0.3, 0.4) is 0 Å². The van der Waals surface area contributed by atoms with Crippen LogP contribution >= 0.6 is 0 Å². The average Bonchev–Trinajstić information content (AvgIpc) is 2.71. The van der Waals surface area contributed by atoms with Crippen LogP contribution in [0.25, 0.3) is 0 Å². The maximum Gasteiger partial charge on any atom is 0.319 e. The monoisotopic (exact) mass is 196 g/mol. The molecule has 1 saturated heterocycles. The maximum atomic E-state index is 5.41. The standard InChI is InChI=1S/C9H16N4O/c1-3-7-5-4-6(2)13(7)9-12-11-8(10)14-9/h6-7H,3-5H2,1-2H3,(H2,10,11). The molecule has 1 aromatic heterocycles. The van der Waals surface area contributed by atoms with E-state index in [0.717, 1.165) is 6.42 Å². The summed E-state index contributed by atoms with van der Waals surface area (Å²) in [7, 11) is 0. The van der Waals surface area contributed by atoms with Gasteiger partial charge in [-0.2, -0.15) is 0 Å². The number of anilines is 2. The van der Waals surface area contributed by atoms with E-state index in [0.29, 0.717) is 18.1 Å². The molecule has 5 nitrogen and oxygen atoms in total. The second-order valence-electron chi connectivity index (χ2n) is 3.82. The van der Waals surface area contributed by atoms with E-state index in [1.807, 2.05) is 0 Å². The number of nitrogens with zero attached hydrogens (tertiary/aromatic N) is 3. The van der Waals surface area contributed by atoms with Gasteiger partial charge in [0.15, 0.2) is 0 Å². The quantitative estimate of drug-likeness (QED) is 0.774. The van der Waals surface area contributed by atoms with Gasteiger partial charge in [0.05, 0.1) is 0 Å². The molecule has 0 saturated carbocycles. The number of nitrogens with two attached hydrogens (primary N) is 1. The van der Waals surface area contributed by atoms with E-state index in [1.54, 1.807) is 0 Å². The molecule has 5 heteroatoms. The molecule has 2 heterocycles. The Bertz CT molecular complexity index is 312. The summed E-state index contributed by atoms with van der Waals surface area (Å²) in [4.78, 5) is 2.18. The Hall–Kier alpha value is -1.26. The largest absolute Gasteiger partial charge is 0.390 e. The van der Waals surface area contributed by atoms with Crippen molar-refractivity contribution in [1.82, 2.24) is 10.2 Å².